The first-order valence-electron chi connectivity index (χ1n) is 7.72. The lowest BCUT2D eigenvalue weighted by atomic mass is 9.77. The minimum atomic E-state index is -1.06. The summed E-state index contributed by atoms with van der Waals surface area (Å²) in [6.45, 7) is 3.71. The van der Waals surface area contributed by atoms with Crippen molar-refractivity contribution >= 4 is 5.97 Å². The van der Waals surface area contributed by atoms with Crippen LogP contribution in [0.5, 0.6) is 5.88 Å². The molecule has 1 aliphatic heterocycles. The van der Waals surface area contributed by atoms with Gasteiger partial charge in [-0.2, -0.15) is 0 Å². The molecular formula is C17H18N2O5. The largest absolute Gasteiger partial charge is 0.466 e. The fourth-order valence-electron chi connectivity index (χ4n) is 3.03. The van der Waals surface area contributed by atoms with Gasteiger partial charge in [0.25, 0.3) is 5.56 Å². The number of fused-ring (bicyclic) bond motifs is 1. The highest BCUT2D eigenvalue weighted by Gasteiger charge is 2.48. The van der Waals surface area contributed by atoms with E-state index < -0.39 is 28.7 Å². The molecule has 0 amide bonds. The first kappa shape index (κ1) is 16.0. The lowest BCUT2D eigenvalue weighted by molar-refractivity contribution is -0.158. The Balaban J connectivity index is 2.16. The van der Waals surface area contributed by atoms with E-state index >= 15 is 0 Å². The number of benzene rings is 1. The average molecular weight is 330 g/mol. The molecule has 0 saturated heterocycles. The summed E-state index contributed by atoms with van der Waals surface area (Å²) in [6.07, 6.45) is 0.117. The molecule has 2 atom stereocenters. The fourth-order valence-corrected chi connectivity index (χ4v) is 3.03. The summed E-state index contributed by atoms with van der Waals surface area (Å²) in [5.41, 5.74) is -1.27. The molecule has 2 aromatic rings. The van der Waals surface area contributed by atoms with Gasteiger partial charge in [0.1, 0.15) is 11.5 Å². The molecule has 2 N–H and O–H groups in total. The van der Waals surface area contributed by atoms with Gasteiger partial charge in [0.2, 0.25) is 5.88 Å². The minimum absolute atomic E-state index is 0.0932. The van der Waals surface area contributed by atoms with Crippen molar-refractivity contribution < 1.29 is 14.3 Å². The smallest absolute Gasteiger partial charge is 0.328 e. The maximum Gasteiger partial charge on any atom is 0.328 e. The maximum absolute atomic E-state index is 12.5. The fraction of sp³-hybridized carbons (Fsp3) is 0.353. The van der Waals surface area contributed by atoms with E-state index in [4.69, 9.17) is 9.47 Å². The van der Waals surface area contributed by atoms with Gasteiger partial charge in [-0.25, -0.2) is 4.79 Å². The lowest BCUT2D eigenvalue weighted by Gasteiger charge is -2.40. The number of H-pyrrole nitrogens is 2. The van der Waals surface area contributed by atoms with E-state index in [1.807, 2.05) is 30.3 Å². The molecule has 0 spiro atoms. The minimum Gasteiger partial charge on any atom is -0.466 e. The molecule has 2 heterocycles. The topological polar surface area (TPSA) is 101 Å². The van der Waals surface area contributed by atoms with E-state index in [1.165, 1.54) is 0 Å². The number of rotatable bonds is 3. The van der Waals surface area contributed by atoms with Crippen LogP contribution >= 0.6 is 0 Å². The Bertz CT molecular complexity index is 871. The molecule has 2 unspecified atom stereocenters. The van der Waals surface area contributed by atoms with Gasteiger partial charge in [-0.3, -0.25) is 19.6 Å². The highest BCUT2D eigenvalue weighted by Crippen LogP contribution is 2.41. The summed E-state index contributed by atoms with van der Waals surface area (Å²) in [5, 5.41) is 0. The van der Waals surface area contributed by atoms with Crippen LogP contribution in [0.1, 0.15) is 25.0 Å². The number of esters is 1. The number of hydrogen-bond donors (Lipinski definition) is 2. The monoisotopic (exact) mass is 330 g/mol. The Morgan fingerprint density at radius 2 is 2.00 bits per heavy atom. The first-order chi connectivity index (χ1) is 11.5. The molecule has 0 saturated carbocycles. The van der Waals surface area contributed by atoms with Crippen molar-refractivity contribution in [2.45, 2.75) is 25.9 Å². The summed E-state index contributed by atoms with van der Waals surface area (Å²) < 4.78 is 11.1. The third kappa shape index (κ3) is 2.62. The molecule has 126 valence electrons. The Morgan fingerprint density at radius 1 is 1.29 bits per heavy atom. The van der Waals surface area contributed by atoms with Crippen molar-refractivity contribution in [3.8, 4) is 5.88 Å². The standard InChI is InChI=1S/C17H18N2O5/c1-3-23-15(21)12-9-11-13(20)18-16(22)19-14(11)24-17(12,2)10-7-5-4-6-8-10/h4-8,12H,3,9H2,1-2H3,(H2,18,19,20,22). The van der Waals surface area contributed by atoms with E-state index in [2.05, 4.69) is 9.97 Å². The quantitative estimate of drug-likeness (QED) is 0.821. The molecular weight excluding hydrogens is 312 g/mol. The van der Waals surface area contributed by atoms with E-state index in [0.29, 0.717) is 0 Å². The van der Waals surface area contributed by atoms with E-state index in [1.54, 1.807) is 13.8 Å². The van der Waals surface area contributed by atoms with Crippen molar-refractivity contribution in [2.75, 3.05) is 6.61 Å². The summed E-state index contributed by atoms with van der Waals surface area (Å²) in [5.74, 6) is -1.06. The third-order valence-corrected chi connectivity index (χ3v) is 4.31. The van der Waals surface area contributed by atoms with Gasteiger partial charge in [0, 0.05) is 6.42 Å². The summed E-state index contributed by atoms with van der Waals surface area (Å²) in [6, 6.07) is 9.20. The second-order valence-corrected chi connectivity index (χ2v) is 5.80. The number of aromatic amines is 2. The zero-order chi connectivity index (χ0) is 17.3. The predicted octanol–water partition coefficient (Wildman–Crippen LogP) is 1.09. The molecule has 0 bridgehead atoms. The normalized spacial score (nSPS) is 22.3. The number of nitrogens with one attached hydrogen (secondary N) is 2. The van der Waals surface area contributed by atoms with Crippen LogP contribution in [-0.4, -0.2) is 22.5 Å². The SMILES string of the molecule is CCOC(=O)C1Cc2c([nH]c(=O)[nH]c2=O)OC1(C)c1ccccc1. The molecule has 3 rings (SSSR count). The van der Waals surface area contributed by atoms with Crippen LogP contribution in [0.3, 0.4) is 0 Å². The zero-order valence-electron chi connectivity index (χ0n) is 13.4. The van der Waals surface area contributed by atoms with E-state index in [0.717, 1.165) is 5.56 Å². The van der Waals surface area contributed by atoms with Crippen LogP contribution < -0.4 is 16.0 Å². The molecule has 1 aromatic heterocycles. The van der Waals surface area contributed by atoms with Gasteiger partial charge in [0.05, 0.1) is 12.2 Å². The molecule has 1 aliphatic rings. The summed E-state index contributed by atoms with van der Waals surface area (Å²) >= 11 is 0. The van der Waals surface area contributed by atoms with Crippen LogP contribution in [0.25, 0.3) is 0 Å². The third-order valence-electron chi connectivity index (χ3n) is 4.31. The second kappa shape index (κ2) is 5.99. The average Bonchev–Trinajstić information content (AvgIpc) is 2.55. The molecule has 1 aromatic carbocycles. The molecule has 7 heteroatoms. The van der Waals surface area contributed by atoms with Crippen molar-refractivity contribution in [1.29, 1.82) is 0 Å². The van der Waals surface area contributed by atoms with Crippen molar-refractivity contribution in [3.05, 3.63) is 62.3 Å². The molecule has 0 radical (unpaired) electrons. The highest BCUT2D eigenvalue weighted by atomic mass is 16.5. The molecule has 24 heavy (non-hydrogen) atoms. The summed E-state index contributed by atoms with van der Waals surface area (Å²) in [4.78, 5) is 40.7. The van der Waals surface area contributed by atoms with Crippen molar-refractivity contribution in [1.82, 2.24) is 9.97 Å². The number of aromatic nitrogens is 2. The van der Waals surface area contributed by atoms with Gasteiger partial charge in [0.15, 0.2) is 0 Å². The van der Waals surface area contributed by atoms with E-state index in [9.17, 15) is 14.4 Å². The van der Waals surface area contributed by atoms with Crippen LogP contribution in [0.2, 0.25) is 0 Å². The van der Waals surface area contributed by atoms with Crippen LogP contribution in [0.4, 0.5) is 0 Å². The molecule has 0 aliphatic carbocycles. The Labute approximate surface area is 137 Å². The number of hydrogen-bond acceptors (Lipinski definition) is 5. The Kier molecular flexibility index (Phi) is 4.01. The maximum atomic E-state index is 12.5. The Hall–Kier alpha value is -2.83. The van der Waals surface area contributed by atoms with Crippen LogP contribution in [0, 0.1) is 5.92 Å². The van der Waals surface area contributed by atoms with Gasteiger partial charge in [-0.1, -0.05) is 30.3 Å². The van der Waals surface area contributed by atoms with Gasteiger partial charge < -0.3 is 9.47 Å². The van der Waals surface area contributed by atoms with Gasteiger partial charge in [-0.15, -0.1) is 0 Å². The van der Waals surface area contributed by atoms with Gasteiger partial charge in [-0.05, 0) is 19.4 Å². The Morgan fingerprint density at radius 3 is 2.67 bits per heavy atom. The lowest BCUT2D eigenvalue weighted by Crippen LogP contribution is -2.49. The second-order valence-electron chi connectivity index (χ2n) is 5.80. The molecule has 7 nitrogen and oxygen atoms in total. The number of ether oxygens (including phenoxy) is 2. The molecule has 0 fully saturated rings. The van der Waals surface area contributed by atoms with E-state index in [-0.39, 0.29) is 24.5 Å². The van der Waals surface area contributed by atoms with Gasteiger partial charge >= 0.3 is 11.7 Å². The summed E-state index contributed by atoms with van der Waals surface area (Å²) in [7, 11) is 0. The van der Waals surface area contributed by atoms with Crippen LogP contribution in [-0.2, 0) is 21.6 Å². The number of carbonyl (C=O) groups is 1. The van der Waals surface area contributed by atoms with Crippen LogP contribution in [0.15, 0.2) is 39.9 Å². The van der Waals surface area contributed by atoms with Crippen molar-refractivity contribution in [3.63, 3.8) is 0 Å². The first-order valence-corrected chi connectivity index (χ1v) is 7.72. The highest BCUT2D eigenvalue weighted by molar-refractivity contribution is 5.75. The van der Waals surface area contributed by atoms with Crippen molar-refractivity contribution in [2.24, 2.45) is 5.92 Å². The number of carbonyl (C=O) groups excluding carboxylic acids is 1. The predicted molar refractivity (Wildman–Crippen MR) is 85.9 cm³/mol. The zero-order valence-corrected chi connectivity index (χ0v) is 13.4.